The molecule has 8 N–H and O–H groups in total. The number of benzene rings is 1. The molecular formula is C32H41N3O10. The number of nitrogens with two attached hydrogens (primary N) is 1. The van der Waals surface area contributed by atoms with Gasteiger partial charge in [0, 0.05) is 18.7 Å². The molecule has 0 radical (unpaired) electrons. The van der Waals surface area contributed by atoms with Crippen LogP contribution in [0.4, 0.5) is 0 Å². The van der Waals surface area contributed by atoms with E-state index in [-0.39, 0.29) is 23.1 Å². The Bertz CT molecular complexity index is 1540. The maximum atomic E-state index is 14.4. The minimum absolute atomic E-state index is 0.0300. The molecular weight excluding hydrogens is 586 g/mol. The van der Waals surface area contributed by atoms with Crippen LogP contribution in [0, 0.1) is 23.2 Å². The molecule has 0 aromatic heterocycles. The summed E-state index contributed by atoms with van der Waals surface area (Å²) < 4.78 is 5.94. The topological polar surface area (TPSA) is 220 Å². The van der Waals surface area contributed by atoms with Gasteiger partial charge in [0.25, 0.3) is 5.91 Å². The first-order valence-corrected chi connectivity index (χ1v) is 15.0. The van der Waals surface area contributed by atoms with Gasteiger partial charge < -0.3 is 41.3 Å². The summed E-state index contributed by atoms with van der Waals surface area (Å²) in [5.41, 5.74) is 0.751. The lowest BCUT2D eigenvalue weighted by Crippen LogP contribution is -2.71. The highest BCUT2D eigenvalue weighted by atomic mass is 16.5. The van der Waals surface area contributed by atoms with Crippen LogP contribution in [0.2, 0.25) is 0 Å². The summed E-state index contributed by atoms with van der Waals surface area (Å²) in [7, 11) is 2.86. The molecule has 2 fully saturated rings. The minimum atomic E-state index is -3.07. The first-order valence-electron chi connectivity index (χ1n) is 15.0. The Kier molecular flexibility index (Phi) is 8.14. The highest BCUT2D eigenvalue weighted by molar-refractivity contribution is 6.24. The first-order chi connectivity index (χ1) is 20.9. The second-order valence-corrected chi connectivity index (χ2v) is 13.9. The van der Waals surface area contributed by atoms with E-state index in [1.54, 1.807) is 6.07 Å². The van der Waals surface area contributed by atoms with Crippen LogP contribution in [-0.4, -0.2) is 92.3 Å². The van der Waals surface area contributed by atoms with Gasteiger partial charge in [0.15, 0.2) is 11.4 Å². The number of fused-ring (bicyclic) bond motifs is 3. The molecule has 13 nitrogen and oxygen atoms in total. The number of phenols is 1. The van der Waals surface area contributed by atoms with E-state index in [2.05, 4.69) is 5.32 Å². The zero-order chi connectivity index (χ0) is 33.3. The van der Waals surface area contributed by atoms with Crippen molar-refractivity contribution in [1.29, 1.82) is 0 Å². The number of aliphatic hydroxyl groups excluding tert-OH is 3. The smallest absolute Gasteiger partial charge is 0.309 e. The lowest BCUT2D eigenvalue weighted by atomic mass is 9.55. The summed E-state index contributed by atoms with van der Waals surface area (Å²) in [5, 5.41) is 61.4. The van der Waals surface area contributed by atoms with Gasteiger partial charge >= 0.3 is 5.97 Å². The molecule has 244 valence electrons. The quantitative estimate of drug-likeness (QED) is 0.166. The van der Waals surface area contributed by atoms with Crippen molar-refractivity contribution in [2.24, 2.45) is 28.9 Å². The van der Waals surface area contributed by atoms with E-state index >= 15 is 0 Å². The fourth-order valence-electron chi connectivity index (χ4n) is 7.03. The maximum Gasteiger partial charge on any atom is 0.309 e. The number of hydrogen-bond acceptors (Lipinski definition) is 12. The summed E-state index contributed by atoms with van der Waals surface area (Å²) in [6, 6.07) is 1.52. The van der Waals surface area contributed by atoms with Gasteiger partial charge in [-0.1, -0.05) is 39.3 Å². The number of nitrogens with zero attached hydrogens (tertiary/aromatic N) is 1. The average Bonchev–Trinajstić information content (AvgIpc) is 2.89. The largest absolute Gasteiger partial charge is 0.508 e. The number of ketones is 2. The number of carbonyl (C=O) groups is 4. The summed E-state index contributed by atoms with van der Waals surface area (Å²) in [4.78, 5) is 54.9. The van der Waals surface area contributed by atoms with E-state index in [0.29, 0.717) is 24.9 Å². The van der Waals surface area contributed by atoms with Crippen LogP contribution in [0.5, 0.6) is 5.75 Å². The number of carbonyl (C=O) groups excluding carboxylic acids is 4. The first kappa shape index (κ1) is 32.6. The lowest BCUT2D eigenvalue weighted by molar-refractivity contribution is -0.193. The molecule has 1 amide bonds. The molecule has 0 unspecified atom stereocenters. The van der Waals surface area contributed by atoms with Crippen molar-refractivity contribution in [2.75, 3.05) is 20.6 Å². The predicted molar refractivity (Wildman–Crippen MR) is 159 cm³/mol. The van der Waals surface area contributed by atoms with Crippen LogP contribution in [0.3, 0.4) is 0 Å². The van der Waals surface area contributed by atoms with Crippen molar-refractivity contribution in [3.05, 3.63) is 45.7 Å². The van der Waals surface area contributed by atoms with Crippen molar-refractivity contribution < 1.29 is 49.4 Å². The number of aliphatic hydroxyl groups is 4. The number of primary amides is 1. The molecule has 45 heavy (non-hydrogen) atoms. The van der Waals surface area contributed by atoms with Gasteiger partial charge in [0.05, 0.1) is 41.0 Å². The Morgan fingerprint density at radius 3 is 2.31 bits per heavy atom. The van der Waals surface area contributed by atoms with E-state index in [0.717, 1.165) is 6.42 Å². The number of phenolic OH excluding ortho intramolecular Hbond substituents is 1. The molecule has 13 heteroatoms. The number of hydrogen-bond donors (Lipinski definition) is 7. The Morgan fingerprint density at radius 2 is 1.78 bits per heavy atom. The molecule has 0 saturated heterocycles. The zero-order valence-corrected chi connectivity index (χ0v) is 26.0. The maximum absolute atomic E-state index is 14.4. The lowest BCUT2D eigenvalue weighted by Gasteiger charge is -2.54. The molecule has 4 aliphatic carbocycles. The average molecular weight is 628 g/mol. The predicted octanol–water partition coefficient (Wildman–Crippen LogP) is 0.912. The molecule has 6 atom stereocenters. The number of likely N-dealkylation sites (N-methyl/N-ethyl adjacent to an activating group) is 1. The van der Waals surface area contributed by atoms with Crippen molar-refractivity contribution in [3.63, 3.8) is 0 Å². The van der Waals surface area contributed by atoms with Crippen LogP contribution >= 0.6 is 0 Å². The van der Waals surface area contributed by atoms with Gasteiger partial charge in [-0.3, -0.25) is 24.1 Å². The van der Waals surface area contributed by atoms with Crippen LogP contribution in [-0.2, 0) is 30.5 Å². The number of amides is 1. The Labute approximate surface area is 260 Å². The monoisotopic (exact) mass is 627 g/mol. The summed E-state index contributed by atoms with van der Waals surface area (Å²) in [6.07, 6.45) is -1.49. The third kappa shape index (κ3) is 5.02. The van der Waals surface area contributed by atoms with Gasteiger partial charge in [0.1, 0.15) is 28.9 Å². The molecule has 4 aliphatic rings. The van der Waals surface area contributed by atoms with E-state index in [1.165, 1.54) is 25.1 Å². The van der Waals surface area contributed by atoms with Crippen LogP contribution < -0.4 is 11.1 Å². The summed E-state index contributed by atoms with van der Waals surface area (Å²) >= 11 is 0. The number of rotatable bonds is 7. The van der Waals surface area contributed by atoms with Gasteiger partial charge in [-0.05, 0) is 37.9 Å². The van der Waals surface area contributed by atoms with E-state index in [1.807, 2.05) is 20.8 Å². The van der Waals surface area contributed by atoms with Crippen LogP contribution in [0.1, 0.15) is 62.8 Å². The molecule has 1 aromatic carbocycles. The van der Waals surface area contributed by atoms with Gasteiger partial charge in [-0.25, -0.2) is 0 Å². The SMILES string of the molecule is CN(C)[C@@H]1C(=O)C(C(N)=O)=C(O)[C@@]2(O)C(=O)C3=C(O)c4c(ccc(CNCC(C)(C)C)c4O)[C@H](O)[C@H]3[C@H](OC(=O)C3CCC3)[C@@H]12. The van der Waals surface area contributed by atoms with Crippen LogP contribution in [0.15, 0.2) is 29.0 Å². The van der Waals surface area contributed by atoms with Crippen molar-refractivity contribution in [1.82, 2.24) is 10.2 Å². The van der Waals surface area contributed by atoms with E-state index < -0.39 is 93.5 Å². The summed E-state index contributed by atoms with van der Waals surface area (Å²) in [5.74, 6) is -10.7. The third-order valence-corrected chi connectivity index (χ3v) is 9.48. The molecule has 2 saturated carbocycles. The highest BCUT2D eigenvalue weighted by Gasteiger charge is 2.70. The summed E-state index contributed by atoms with van der Waals surface area (Å²) in [6.45, 7) is 6.83. The molecule has 0 bridgehead atoms. The molecule has 5 rings (SSSR count). The Balaban J connectivity index is 1.73. The molecule has 1 aromatic rings. The second kappa shape index (κ2) is 11.2. The van der Waals surface area contributed by atoms with Crippen molar-refractivity contribution in [3.8, 4) is 5.75 Å². The molecule has 0 aliphatic heterocycles. The molecule has 0 spiro atoms. The highest BCUT2D eigenvalue weighted by Crippen LogP contribution is 2.57. The van der Waals surface area contributed by atoms with E-state index in [9.17, 15) is 44.7 Å². The fourth-order valence-corrected chi connectivity index (χ4v) is 7.03. The van der Waals surface area contributed by atoms with Crippen molar-refractivity contribution >= 4 is 29.2 Å². The fraction of sp³-hybridized carbons (Fsp3) is 0.562. The van der Waals surface area contributed by atoms with Gasteiger partial charge in [-0.15, -0.1) is 0 Å². The number of esters is 1. The Hall–Kier alpha value is -3.78. The van der Waals surface area contributed by atoms with Gasteiger partial charge in [0.2, 0.25) is 5.78 Å². The van der Waals surface area contributed by atoms with Gasteiger partial charge in [-0.2, -0.15) is 0 Å². The minimum Gasteiger partial charge on any atom is -0.508 e. The number of aromatic hydroxyl groups is 1. The normalized spacial score (nSPS) is 30.1. The number of Topliss-reactive ketones (excluding diaryl/α,β-unsaturated/α-hetero) is 2. The number of ether oxygens (including phenoxy) is 1. The zero-order valence-electron chi connectivity index (χ0n) is 26.0. The third-order valence-electron chi connectivity index (χ3n) is 9.48. The number of nitrogens with one attached hydrogen (secondary N) is 1. The van der Waals surface area contributed by atoms with Crippen molar-refractivity contribution in [2.45, 2.75) is 70.4 Å². The Morgan fingerprint density at radius 1 is 1.13 bits per heavy atom. The van der Waals surface area contributed by atoms with E-state index in [4.69, 9.17) is 10.5 Å². The standard InChI is InChI=1S/C32H41N3O10/c1-31(2,3)12-34-11-14-9-10-15-16(22(14)36)24(38)18-17(23(15)37)26(45-30(43)13-7-6-8-13)20-21(35(4)5)25(39)19(29(33)42)28(41)32(20,44)27(18)40/h9-10,13,17,20-21,23,26,34,36-38,41,44H,6-8,11-12H2,1-5H3,(H2,33,42)/t17-,20+,21-,23-,26-,32-/m0/s1. The van der Waals surface area contributed by atoms with Crippen LogP contribution in [0.25, 0.3) is 5.76 Å². The molecule has 0 heterocycles. The second-order valence-electron chi connectivity index (χ2n) is 13.9.